The molecule has 1 unspecified atom stereocenters. The van der Waals surface area contributed by atoms with Gasteiger partial charge in [0.15, 0.2) is 0 Å². The van der Waals surface area contributed by atoms with E-state index in [4.69, 9.17) is 10.6 Å². The molecule has 20 heavy (non-hydrogen) atoms. The number of methoxy groups -OCH3 is 1. The summed E-state index contributed by atoms with van der Waals surface area (Å²) in [6.07, 6.45) is 0.809. The molecule has 4 N–H and O–H groups in total. The maximum Gasteiger partial charge on any atom is 0.251 e. The number of anilines is 1. The fourth-order valence-corrected chi connectivity index (χ4v) is 1.78. The second-order valence-corrected chi connectivity index (χ2v) is 5.00. The Balaban J connectivity index is 2.93. The standard InChI is InChI=1S/C14H24N4O2/c1-5-11(8-20-4)16-14(19)10-6-12(9(2)3)17-13(7-10)18-15/h6-7,9,11H,5,8,15H2,1-4H3,(H,16,19)(H,17,18). The van der Waals surface area contributed by atoms with E-state index in [2.05, 4.69) is 15.7 Å². The second kappa shape index (κ2) is 7.81. The van der Waals surface area contributed by atoms with Crippen LogP contribution in [0.25, 0.3) is 0 Å². The van der Waals surface area contributed by atoms with Gasteiger partial charge in [-0.3, -0.25) is 4.79 Å². The molecule has 1 rings (SSSR count). The number of rotatable bonds is 7. The van der Waals surface area contributed by atoms with Crippen molar-refractivity contribution in [3.63, 3.8) is 0 Å². The number of pyridine rings is 1. The van der Waals surface area contributed by atoms with E-state index >= 15 is 0 Å². The molecule has 0 aliphatic carbocycles. The summed E-state index contributed by atoms with van der Waals surface area (Å²) in [5.41, 5.74) is 3.87. The number of carbonyl (C=O) groups is 1. The third kappa shape index (κ3) is 4.47. The van der Waals surface area contributed by atoms with Crippen LogP contribution in [0.4, 0.5) is 5.82 Å². The highest BCUT2D eigenvalue weighted by molar-refractivity contribution is 5.95. The number of nitrogens with one attached hydrogen (secondary N) is 2. The average Bonchev–Trinajstić information content (AvgIpc) is 2.45. The Kier molecular flexibility index (Phi) is 6.41. The number of nitrogens with two attached hydrogens (primary N) is 1. The zero-order valence-electron chi connectivity index (χ0n) is 12.6. The Morgan fingerprint density at radius 1 is 1.45 bits per heavy atom. The van der Waals surface area contributed by atoms with Crippen LogP contribution in [0.3, 0.4) is 0 Å². The zero-order chi connectivity index (χ0) is 15.1. The summed E-state index contributed by atoms with van der Waals surface area (Å²) >= 11 is 0. The van der Waals surface area contributed by atoms with Crippen LogP contribution < -0.4 is 16.6 Å². The minimum atomic E-state index is -0.144. The van der Waals surface area contributed by atoms with Gasteiger partial charge >= 0.3 is 0 Å². The largest absolute Gasteiger partial charge is 0.383 e. The summed E-state index contributed by atoms with van der Waals surface area (Å²) in [6.45, 7) is 6.53. The number of hydrogen-bond donors (Lipinski definition) is 3. The Morgan fingerprint density at radius 2 is 2.15 bits per heavy atom. The van der Waals surface area contributed by atoms with Gasteiger partial charge in [-0.25, -0.2) is 10.8 Å². The molecule has 0 saturated heterocycles. The van der Waals surface area contributed by atoms with Crippen LogP contribution in [-0.4, -0.2) is 30.6 Å². The van der Waals surface area contributed by atoms with Crippen molar-refractivity contribution >= 4 is 11.7 Å². The quantitative estimate of drug-likeness (QED) is 0.522. The molecule has 0 saturated carbocycles. The number of ether oxygens (including phenoxy) is 1. The summed E-state index contributed by atoms with van der Waals surface area (Å²) in [4.78, 5) is 16.6. The lowest BCUT2D eigenvalue weighted by atomic mass is 10.1. The maximum absolute atomic E-state index is 12.3. The highest BCUT2D eigenvalue weighted by atomic mass is 16.5. The summed E-state index contributed by atoms with van der Waals surface area (Å²) in [5, 5.41) is 2.94. The second-order valence-electron chi connectivity index (χ2n) is 5.00. The van der Waals surface area contributed by atoms with Crippen LogP contribution in [0.5, 0.6) is 0 Å². The predicted octanol–water partition coefficient (Wildman–Crippen LogP) is 1.65. The fourth-order valence-electron chi connectivity index (χ4n) is 1.78. The van der Waals surface area contributed by atoms with Gasteiger partial charge in [-0.15, -0.1) is 0 Å². The van der Waals surface area contributed by atoms with Crippen molar-refractivity contribution in [3.8, 4) is 0 Å². The van der Waals surface area contributed by atoms with Gasteiger partial charge in [0.25, 0.3) is 5.91 Å². The van der Waals surface area contributed by atoms with Crippen LogP contribution in [0.15, 0.2) is 12.1 Å². The van der Waals surface area contributed by atoms with Gasteiger partial charge in [0, 0.05) is 18.4 Å². The van der Waals surface area contributed by atoms with Crippen LogP contribution >= 0.6 is 0 Å². The molecular formula is C14H24N4O2. The molecule has 6 heteroatoms. The smallest absolute Gasteiger partial charge is 0.251 e. The zero-order valence-corrected chi connectivity index (χ0v) is 12.6. The van der Waals surface area contributed by atoms with Crippen molar-refractivity contribution in [2.75, 3.05) is 19.1 Å². The summed E-state index contributed by atoms with van der Waals surface area (Å²) in [7, 11) is 1.62. The lowest BCUT2D eigenvalue weighted by Gasteiger charge is -2.17. The Labute approximate surface area is 120 Å². The van der Waals surface area contributed by atoms with Crippen molar-refractivity contribution in [1.82, 2.24) is 10.3 Å². The number of hydrogen-bond acceptors (Lipinski definition) is 5. The minimum Gasteiger partial charge on any atom is -0.383 e. The van der Waals surface area contributed by atoms with Gasteiger partial charge in [0.1, 0.15) is 5.82 Å². The Bertz CT molecular complexity index is 449. The Morgan fingerprint density at radius 3 is 2.65 bits per heavy atom. The molecule has 1 heterocycles. The van der Waals surface area contributed by atoms with Gasteiger partial charge in [-0.05, 0) is 24.5 Å². The Hall–Kier alpha value is -1.66. The summed E-state index contributed by atoms with van der Waals surface area (Å²) in [6, 6.07) is 3.43. The van der Waals surface area contributed by atoms with Gasteiger partial charge in [0.05, 0.1) is 12.6 Å². The lowest BCUT2D eigenvalue weighted by Crippen LogP contribution is -2.37. The molecule has 0 bridgehead atoms. The van der Waals surface area contributed by atoms with Crippen molar-refractivity contribution in [1.29, 1.82) is 0 Å². The third-order valence-electron chi connectivity index (χ3n) is 3.04. The van der Waals surface area contributed by atoms with Gasteiger partial charge in [-0.2, -0.15) is 0 Å². The molecular weight excluding hydrogens is 256 g/mol. The molecule has 0 radical (unpaired) electrons. The van der Waals surface area contributed by atoms with E-state index in [0.29, 0.717) is 18.0 Å². The molecule has 0 fully saturated rings. The first-order chi connectivity index (χ1) is 9.51. The number of nitrogen functional groups attached to an aromatic ring is 1. The molecule has 112 valence electrons. The van der Waals surface area contributed by atoms with Gasteiger partial charge in [-0.1, -0.05) is 20.8 Å². The van der Waals surface area contributed by atoms with Crippen LogP contribution in [0.1, 0.15) is 49.2 Å². The molecule has 6 nitrogen and oxygen atoms in total. The third-order valence-corrected chi connectivity index (χ3v) is 3.04. The number of amides is 1. The average molecular weight is 280 g/mol. The van der Waals surface area contributed by atoms with Crippen molar-refractivity contribution in [2.24, 2.45) is 5.84 Å². The SMILES string of the molecule is CCC(COC)NC(=O)c1cc(NN)nc(C(C)C)c1. The first kappa shape index (κ1) is 16.4. The fraction of sp³-hybridized carbons (Fsp3) is 0.571. The topological polar surface area (TPSA) is 89.3 Å². The van der Waals surface area contributed by atoms with E-state index in [1.54, 1.807) is 19.2 Å². The van der Waals surface area contributed by atoms with E-state index in [1.807, 2.05) is 20.8 Å². The van der Waals surface area contributed by atoms with E-state index in [-0.39, 0.29) is 17.9 Å². The maximum atomic E-state index is 12.3. The molecule has 0 spiro atoms. The van der Waals surface area contributed by atoms with E-state index < -0.39 is 0 Å². The molecule has 1 atom stereocenters. The van der Waals surface area contributed by atoms with Crippen molar-refractivity contribution < 1.29 is 9.53 Å². The number of hydrazine groups is 1. The van der Waals surface area contributed by atoms with Crippen molar-refractivity contribution in [3.05, 3.63) is 23.4 Å². The normalized spacial score (nSPS) is 12.3. The monoisotopic (exact) mass is 280 g/mol. The first-order valence-electron chi connectivity index (χ1n) is 6.80. The predicted molar refractivity (Wildman–Crippen MR) is 79.6 cm³/mol. The van der Waals surface area contributed by atoms with E-state index in [0.717, 1.165) is 12.1 Å². The van der Waals surface area contributed by atoms with Gasteiger partial charge < -0.3 is 15.5 Å². The van der Waals surface area contributed by atoms with Crippen LogP contribution in [0.2, 0.25) is 0 Å². The van der Waals surface area contributed by atoms with Crippen LogP contribution in [0, 0.1) is 0 Å². The van der Waals surface area contributed by atoms with Crippen LogP contribution in [-0.2, 0) is 4.74 Å². The number of nitrogens with zero attached hydrogens (tertiary/aromatic N) is 1. The number of aromatic nitrogens is 1. The van der Waals surface area contributed by atoms with Gasteiger partial charge in [0.2, 0.25) is 0 Å². The van der Waals surface area contributed by atoms with E-state index in [1.165, 1.54) is 0 Å². The highest BCUT2D eigenvalue weighted by Crippen LogP contribution is 2.17. The minimum absolute atomic E-state index is 0.00236. The molecule has 0 aliphatic heterocycles. The summed E-state index contributed by atoms with van der Waals surface area (Å²) in [5.74, 6) is 5.96. The molecule has 1 aromatic heterocycles. The molecule has 0 aliphatic rings. The first-order valence-corrected chi connectivity index (χ1v) is 6.80. The highest BCUT2D eigenvalue weighted by Gasteiger charge is 2.15. The molecule has 1 amide bonds. The molecule has 1 aromatic rings. The molecule has 0 aromatic carbocycles. The number of carbonyl (C=O) groups excluding carboxylic acids is 1. The van der Waals surface area contributed by atoms with Crippen molar-refractivity contribution in [2.45, 2.75) is 39.2 Å². The van der Waals surface area contributed by atoms with E-state index in [9.17, 15) is 4.79 Å². The summed E-state index contributed by atoms with van der Waals surface area (Å²) < 4.78 is 5.08. The lowest BCUT2D eigenvalue weighted by molar-refractivity contribution is 0.0894.